The summed E-state index contributed by atoms with van der Waals surface area (Å²) in [7, 11) is 1.26. The van der Waals surface area contributed by atoms with Crippen molar-refractivity contribution >= 4 is 27.9 Å². The summed E-state index contributed by atoms with van der Waals surface area (Å²) in [5, 5.41) is 1.34. The van der Waals surface area contributed by atoms with Gasteiger partial charge in [-0.05, 0) is 54.8 Å². The van der Waals surface area contributed by atoms with Gasteiger partial charge in [0.2, 0.25) is 5.91 Å². The molecule has 1 saturated carbocycles. The van der Waals surface area contributed by atoms with Crippen LogP contribution in [0.15, 0.2) is 28.9 Å². The molecule has 0 bridgehead atoms. The fourth-order valence-corrected chi connectivity index (χ4v) is 4.10. The van der Waals surface area contributed by atoms with E-state index < -0.39 is 6.09 Å². The monoisotopic (exact) mass is 480 g/mol. The number of hydrogen-bond donors (Lipinski definition) is 2. The molecule has 1 fully saturated rings. The summed E-state index contributed by atoms with van der Waals surface area (Å²) in [6.45, 7) is 3.66. The lowest BCUT2D eigenvalue weighted by molar-refractivity contribution is -0.142. The number of H-pyrrole nitrogens is 1. The van der Waals surface area contributed by atoms with Gasteiger partial charge in [-0.1, -0.05) is 18.9 Å². The van der Waals surface area contributed by atoms with Gasteiger partial charge in [0, 0.05) is 23.4 Å². The lowest BCUT2D eigenvalue weighted by Gasteiger charge is -2.35. The van der Waals surface area contributed by atoms with Gasteiger partial charge in [-0.2, -0.15) is 0 Å². The van der Waals surface area contributed by atoms with Gasteiger partial charge in [0.25, 0.3) is 0 Å². The SMILES string of the molecule is COC(=O)NN(C(=O)[C@@H]1CCCC[C@H]1c1ncc(-c2ccc(Br)c(F)c2)[nH]1)C(C)C. The number of aromatic amines is 1. The molecular weight excluding hydrogens is 455 g/mol. The second-order valence-electron chi connectivity index (χ2n) is 7.71. The number of carbonyl (C=O) groups is 2. The molecule has 1 aromatic carbocycles. The standard InChI is InChI=1S/C21H26BrFN4O3/c1-12(2)27(26-21(29)30-3)20(28)15-7-5-4-6-14(15)19-24-11-18(25-19)13-8-9-16(22)17(23)10-13/h8-12,14-15H,4-7H2,1-3H3,(H,24,25)(H,26,29)/t14-,15-/m1/s1. The number of rotatable bonds is 4. The summed E-state index contributed by atoms with van der Waals surface area (Å²) in [6.07, 6.45) is 4.43. The van der Waals surface area contributed by atoms with Crippen LogP contribution >= 0.6 is 15.9 Å². The molecule has 0 radical (unpaired) electrons. The maximum Gasteiger partial charge on any atom is 0.425 e. The van der Waals surface area contributed by atoms with E-state index in [0.717, 1.165) is 19.3 Å². The molecule has 1 aromatic heterocycles. The average Bonchev–Trinajstić information content (AvgIpc) is 3.23. The first-order chi connectivity index (χ1) is 14.3. The van der Waals surface area contributed by atoms with E-state index in [1.807, 2.05) is 13.8 Å². The summed E-state index contributed by atoms with van der Waals surface area (Å²) in [5.74, 6) is -0.239. The van der Waals surface area contributed by atoms with E-state index in [9.17, 15) is 14.0 Å². The topological polar surface area (TPSA) is 87.3 Å². The second-order valence-corrected chi connectivity index (χ2v) is 8.57. The van der Waals surface area contributed by atoms with Crippen molar-refractivity contribution in [3.05, 3.63) is 40.5 Å². The lowest BCUT2D eigenvalue weighted by atomic mass is 9.78. The van der Waals surface area contributed by atoms with Crippen LogP contribution in [0.3, 0.4) is 0 Å². The first kappa shape index (κ1) is 22.3. The summed E-state index contributed by atoms with van der Waals surface area (Å²) < 4.78 is 19.0. The summed E-state index contributed by atoms with van der Waals surface area (Å²) in [5.41, 5.74) is 3.90. The highest BCUT2D eigenvalue weighted by Gasteiger charge is 2.37. The fourth-order valence-electron chi connectivity index (χ4n) is 3.85. The minimum atomic E-state index is -0.679. The average molecular weight is 481 g/mol. The van der Waals surface area contributed by atoms with E-state index >= 15 is 0 Å². The lowest BCUT2D eigenvalue weighted by Crippen LogP contribution is -2.53. The first-order valence-corrected chi connectivity index (χ1v) is 10.8. The highest BCUT2D eigenvalue weighted by molar-refractivity contribution is 9.10. The third-order valence-corrected chi connectivity index (χ3v) is 6.05. The fraction of sp³-hybridized carbons (Fsp3) is 0.476. The van der Waals surface area contributed by atoms with Crippen LogP contribution in [0.4, 0.5) is 9.18 Å². The molecule has 0 aliphatic heterocycles. The van der Waals surface area contributed by atoms with Gasteiger partial charge in [0.15, 0.2) is 0 Å². The van der Waals surface area contributed by atoms with Crippen LogP contribution < -0.4 is 5.43 Å². The van der Waals surface area contributed by atoms with E-state index in [1.54, 1.807) is 18.3 Å². The van der Waals surface area contributed by atoms with Crippen LogP contribution in [0.25, 0.3) is 11.3 Å². The Morgan fingerprint density at radius 1 is 1.33 bits per heavy atom. The molecule has 3 rings (SSSR count). The Morgan fingerprint density at radius 3 is 2.73 bits per heavy atom. The molecule has 2 amide bonds. The van der Waals surface area contributed by atoms with Crippen LogP contribution in [-0.2, 0) is 9.53 Å². The molecule has 162 valence electrons. The van der Waals surface area contributed by atoms with E-state index in [1.165, 1.54) is 18.2 Å². The van der Waals surface area contributed by atoms with Gasteiger partial charge in [-0.25, -0.2) is 24.6 Å². The molecule has 7 nitrogen and oxygen atoms in total. The number of amides is 2. The molecule has 2 aromatic rings. The number of hydrazine groups is 1. The van der Waals surface area contributed by atoms with Crippen molar-refractivity contribution in [2.24, 2.45) is 5.92 Å². The highest BCUT2D eigenvalue weighted by atomic mass is 79.9. The van der Waals surface area contributed by atoms with Crippen molar-refractivity contribution in [2.75, 3.05) is 7.11 Å². The van der Waals surface area contributed by atoms with Crippen molar-refractivity contribution in [2.45, 2.75) is 51.5 Å². The number of ether oxygens (including phenoxy) is 1. The van der Waals surface area contributed by atoms with E-state index in [2.05, 4.69) is 36.1 Å². The van der Waals surface area contributed by atoms with Crippen LogP contribution in [0, 0.1) is 11.7 Å². The molecular formula is C21H26BrFN4O3. The molecule has 9 heteroatoms. The zero-order valence-electron chi connectivity index (χ0n) is 17.2. The van der Waals surface area contributed by atoms with Crippen molar-refractivity contribution in [1.29, 1.82) is 0 Å². The van der Waals surface area contributed by atoms with E-state index in [4.69, 9.17) is 0 Å². The normalized spacial score (nSPS) is 18.9. The smallest absolute Gasteiger partial charge is 0.425 e. The van der Waals surface area contributed by atoms with E-state index in [0.29, 0.717) is 28.0 Å². The first-order valence-electron chi connectivity index (χ1n) is 9.99. The Labute approximate surface area is 183 Å². The van der Waals surface area contributed by atoms with Crippen molar-refractivity contribution in [1.82, 2.24) is 20.4 Å². The molecule has 2 N–H and O–H groups in total. The van der Waals surface area contributed by atoms with Gasteiger partial charge in [0.05, 0.1) is 23.5 Å². The molecule has 2 atom stereocenters. The zero-order chi connectivity index (χ0) is 21.8. The number of methoxy groups -OCH3 is 1. The van der Waals surface area contributed by atoms with E-state index in [-0.39, 0.29) is 29.6 Å². The third kappa shape index (κ3) is 4.83. The number of nitrogens with zero attached hydrogens (tertiary/aromatic N) is 2. The van der Waals surface area contributed by atoms with Crippen LogP contribution in [0.2, 0.25) is 0 Å². The minimum absolute atomic E-state index is 0.110. The second kappa shape index (κ2) is 9.59. The Bertz CT molecular complexity index is 917. The van der Waals surface area contributed by atoms with Crippen LogP contribution in [0.1, 0.15) is 51.3 Å². The van der Waals surface area contributed by atoms with Crippen molar-refractivity contribution in [3.63, 3.8) is 0 Å². The quantitative estimate of drug-likeness (QED) is 0.617. The molecule has 0 saturated heterocycles. The maximum atomic E-state index is 13.9. The molecule has 30 heavy (non-hydrogen) atoms. The number of aromatic nitrogens is 2. The zero-order valence-corrected chi connectivity index (χ0v) is 18.8. The maximum absolute atomic E-state index is 13.9. The van der Waals surface area contributed by atoms with Gasteiger partial charge < -0.3 is 9.72 Å². The number of hydrogen-bond acceptors (Lipinski definition) is 4. The number of halogens is 2. The van der Waals surface area contributed by atoms with Crippen LogP contribution in [-0.4, -0.2) is 40.1 Å². The van der Waals surface area contributed by atoms with Gasteiger partial charge in [0.1, 0.15) is 11.6 Å². The largest absolute Gasteiger partial charge is 0.452 e. The van der Waals surface area contributed by atoms with Crippen molar-refractivity contribution < 1.29 is 18.7 Å². The summed E-state index contributed by atoms with van der Waals surface area (Å²) in [6, 6.07) is 4.66. The van der Waals surface area contributed by atoms with Crippen molar-refractivity contribution in [3.8, 4) is 11.3 Å². The predicted octanol–water partition coefficient (Wildman–Crippen LogP) is 4.76. The number of nitrogens with one attached hydrogen (secondary N) is 2. The van der Waals surface area contributed by atoms with Gasteiger partial charge >= 0.3 is 6.09 Å². The van der Waals surface area contributed by atoms with Gasteiger partial charge in [-0.15, -0.1) is 0 Å². The Hall–Kier alpha value is -2.42. The molecule has 1 aliphatic carbocycles. The summed E-state index contributed by atoms with van der Waals surface area (Å²) in [4.78, 5) is 32.8. The molecule has 0 unspecified atom stereocenters. The predicted molar refractivity (Wildman–Crippen MR) is 114 cm³/mol. The minimum Gasteiger partial charge on any atom is -0.452 e. The Morgan fingerprint density at radius 2 is 2.07 bits per heavy atom. The van der Waals surface area contributed by atoms with Crippen LogP contribution in [0.5, 0.6) is 0 Å². The Balaban J connectivity index is 1.85. The molecule has 1 aliphatic rings. The number of carbonyl (C=O) groups excluding carboxylic acids is 2. The Kier molecular flexibility index (Phi) is 7.12. The number of benzene rings is 1. The highest BCUT2D eigenvalue weighted by Crippen LogP contribution is 2.38. The molecule has 0 spiro atoms. The summed E-state index contributed by atoms with van der Waals surface area (Å²) >= 11 is 3.16. The third-order valence-electron chi connectivity index (χ3n) is 5.41. The van der Waals surface area contributed by atoms with Gasteiger partial charge in [-0.3, -0.25) is 4.79 Å². The number of imidazole rings is 1. The molecule has 1 heterocycles.